The van der Waals surface area contributed by atoms with Crippen molar-refractivity contribution in [1.29, 1.82) is 0 Å². The zero-order valence-corrected chi connectivity index (χ0v) is 17.7. The van der Waals surface area contributed by atoms with Crippen LogP contribution in [0.3, 0.4) is 0 Å². The monoisotopic (exact) mass is 406 g/mol. The largest absolute Gasteiger partial charge is 0.353 e. The number of carbonyl (C=O) groups is 1. The molecule has 0 bridgehead atoms. The quantitative estimate of drug-likeness (QED) is 0.435. The van der Waals surface area contributed by atoms with Gasteiger partial charge in [-0.1, -0.05) is 59.3 Å². The van der Waals surface area contributed by atoms with Gasteiger partial charge in [-0.05, 0) is 45.2 Å². The molecule has 4 rings (SSSR count). The Morgan fingerprint density at radius 3 is 2.34 bits per heavy atom. The lowest BCUT2D eigenvalue weighted by Gasteiger charge is -2.11. The molecule has 0 unspecified atom stereocenters. The van der Waals surface area contributed by atoms with Crippen LogP contribution in [0.1, 0.15) is 36.8 Å². The average Bonchev–Trinajstić information content (AvgIpc) is 3.43. The van der Waals surface area contributed by atoms with E-state index in [1.807, 2.05) is 0 Å². The van der Waals surface area contributed by atoms with Gasteiger partial charge in [0.15, 0.2) is 11.0 Å². The summed E-state index contributed by atoms with van der Waals surface area (Å²) in [6.45, 7) is 4.16. The summed E-state index contributed by atoms with van der Waals surface area (Å²) in [7, 11) is 0. The zero-order chi connectivity index (χ0) is 20.2. The first-order valence-corrected chi connectivity index (χ1v) is 11.1. The summed E-state index contributed by atoms with van der Waals surface area (Å²) in [4.78, 5) is 11.9. The summed E-state index contributed by atoms with van der Waals surface area (Å²) < 4.78 is 2.11. The van der Waals surface area contributed by atoms with Crippen LogP contribution in [0, 0.1) is 13.8 Å². The summed E-state index contributed by atoms with van der Waals surface area (Å²) >= 11 is 1.65. The second-order valence-corrected chi connectivity index (χ2v) is 8.70. The van der Waals surface area contributed by atoms with E-state index in [0.717, 1.165) is 47.2 Å². The van der Waals surface area contributed by atoms with Crippen LogP contribution in [0.5, 0.6) is 0 Å². The number of rotatable bonds is 8. The molecule has 1 heterocycles. The van der Waals surface area contributed by atoms with Crippen molar-refractivity contribution in [2.24, 2.45) is 0 Å². The van der Waals surface area contributed by atoms with Crippen molar-refractivity contribution in [3.05, 3.63) is 59.7 Å². The molecule has 6 heteroatoms. The average molecular weight is 407 g/mol. The molecule has 0 aliphatic heterocycles. The highest BCUT2D eigenvalue weighted by Gasteiger charge is 2.23. The van der Waals surface area contributed by atoms with Gasteiger partial charge in [-0.2, -0.15) is 0 Å². The lowest BCUT2D eigenvalue weighted by molar-refractivity contribution is -0.121. The molecule has 0 saturated heterocycles. The van der Waals surface area contributed by atoms with E-state index in [2.05, 4.69) is 82.5 Å². The van der Waals surface area contributed by atoms with Crippen LogP contribution in [0.25, 0.3) is 17.1 Å². The van der Waals surface area contributed by atoms with Gasteiger partial charge in [-0.3, -0.25) is 9.36 Å². The third kappa shape index (κ3) is 5.07. The summed E-state index contributed by atoms with van der Waals surface area (Å²) in [5.74, 6) is 1.83. The van der Waals surface area contributed by atoms with Gasteiger partial charge in [0.05, 0.1) is 0 Å². The van der Waals surface area contributed by atoms with E-state index in [4.69, 9.17) is 0 Å². The molecular weight excluding hydrogens is 380 g/mol. The fourth-order valence-electron chi connectivity index (χ4n) is 3.10. The van der Waals surface area contributed by atoms with Crippen LogP contribution < -0.4 is 5.32 Å². The molecule has 2 aromatic carbocycles. The molecule has 0 radical (unpaired) electrons. The fraction of sp³-hybridized carbons (Fsp3) is 0.348. The maximum atomic E-state index is 11.9. The standard InChI is InChI=1S/C23H26N4OS/c1-16-5-9-18(10-6-16)22-25-26-23(27(22)20-13-7-17(2)8-14-20)29-15-3-4-21(28)24-19-11-12-19/h5-10,13-14,19H,3-4,11-12,15H2,1-2H3,(H,24,28). The molecule has 1 aromatic heterocycles. The summed E-state index contributed by atoms with van der Waals surface area (Å²) in [5, 5.41) is 12.9. The molecule has 1 aliphatic rings. The minimum absolute atomic E-state index is 0.161. The molecule has 1 fully saturated rings. The fourth-order valence-corrected chi connectivity index (χ4v) is 3.99. The van der Waals surface area contributed by atoms with Gasteiger partial charge in [-0.15, -0.1) is 10.2 Å². The molecule has 0 spiro atoms. The number of aryl methyl sites for hydroxylation is 2. The number of carbonyl (C=O) groups excluding carboxylic acids is 1. The zero-order valence-electron chi connectivity index (χ0n) is 16.9. The third-order valence-electron chi connectivity index (χ3n) is 4.96. The maximum Gasteiger partial charge on any atom is 0.220 e. The second kappa shape index (κ2) is 8.82. The van der Waals surface area contributed by atoms with E-state index in [0.29, 0.717) is 12.5 Å². The molecule has 1 N–H and O–H groups in total. The normalized spacial score (nSPS) is 13.4. The van der Waals surface area contributed by atoms with E-state index >= 15 is 0 Å². The number of nitrogens with zero attached hydrogens (tertiary/aromatic N) is 3. The Morgan fingerprint density at radius 1 is 1.03 bits per heavy atom. The first kappa shape index (κ1) is 19.7. The molecular formula is C23H26N4OS. The van der Waals surface area contributed by atoms with Gasteiger partial charge in [0, 0.05) is 29.5 Å². The number of amides is 1. The van der Waals surface area contributed by atoms with Crippen molar-refractivity contribution in [1.82, 2.24) is 20.1 Å². The molecule has 3 aromatic rings. The van der Waals surface area contributed by atoms with Gasteiger partial charge in [0.2, 0.25) is 5.91 Å². The highest BCUT2D eigenvalue weighted by Crippen LogP contribution is 2.29. The van der Waals surface area contributed by atoms with E-state index in [1.165, 1.54) is 11.1 Å². The Hall–Kier alpha value is -2.60. The molecule has 150 valence electrons. The number of nitrogens with one attached hydrogen (secondary N) is 1. The van der Waals surface area contributed by atoms with Gasteiger partial charge >= 0.3 is 0 Å². The Bertz CT molecular complexity index is 975. The van der Waals surface area contributed by atoms with Crippen LogP contribution in [-0.2, 0) is 4.79 Å². The number of benzene rings is 2. The highest BCUT2D eigenvalue weighted by atomic mass is 32.2. The topological polar surface area (TPSA) is 59.8 Å². The van der Waals surface area contributed by atoms with E-state index in [1.54, 1.807) is 11.8 Å². The SMILES string of the molecule is Cc1ccc(-c2nnc(SCCCC(=O)NC3CC3)n2-c2ccc(C)cc2)cc1. The van der Waals surface area contributed by atoms with Crippen LogP contribution in [0.4, 0.5) is 0 Å². The molecule has 0 atom stereocenters. The van der Waals surface area contributed by atoms with Crippen LogP contribution in [0.2, 0.25) is 0 Å². The van der Waals surface area contributed by atoms with Gasteiger partial charge in [0.1, 0.15) is 0 Å². The van der Waals surface area contributed by atoms with Gasteiger partial charge < -0.3 is 5.32 Å². The minimum atomic E-state index is 0.161. The maximum absolute atomic E-state index is 11.9. The van der Waals surface area contributed by atoms with Crippen molar-refractivity contribution in [3.63, 3.8) is 0 Å². The minimum Gasteiger partial charge on any atom is -0.353 e. The lowest BCUT2D eigenvalue weighted by atomic mass is 10.1. The predicted octanol–water partition coefficient (Wildman–Crippen LogP) is 4.70. The Morgan fingerprint density at radius 2 is 1.69 bits per heavy atom. The molecule has 5 nitrogen and oxygen atoms in total. The highest BCUT2D eigenvalue weighted by molar-refractivity contribution is 7.99. The lowest BCUT2D eigenvalue weighted by Crippen LogP contribution is -2.25. The predicted molar refractivity (Wildman–Crippen MR) is 117 cm³/mol. The van der Waals surface area contributed by atoms with Crippen LogP contribution >= 0.6 is 11.8 Å². The number of hydrogen-bond acceptors (Lipinski definition) is 4. The van der Waals surface area contributed by atoms with E-state index < -0.39 is 0 Å². The Labute approximate surface area is 175 Å². The van der Waals surface area contributed by atoms with Crippen molar-refractivity contribution in [2.45, 2.75) is 50.7 Å². The van der Waals surface area contributed by atoms with Crippen LogP contribution in [-0.4, -0.2) is 32.5 Å². The first-order chi connectivity index (χ1) is 14.1. The number of hydrogen-bond donors (Lipinski definition) is 1. The molecule has 1 saturated carbocycles. The second-order valence-electron chi connectivity index (χ2n) is 7.64. The van der Waals surface area contributed by atoms with Crippen molar-refractivity contribution >= 4 is 17.7 Å². The van der Waals surface area contributed by atoms with Gasteiger partial charge in [0.25, 0.3) is 0 Å². The molecule has 1 amide bonds. The molecule has 1 aliphatic carbocycles. The Kier molecular flexibility index (Phi) is 6.00. The Balaban J connectivity index is 1.52. The van der Waals surface area contributed by atoms with Crippen molar-refractivity contribution in [2.75, 3.05) is 5.75 Å². The first-order valence-electron chi connectivity index (χ1n) is 10.1. The van der Waals surface area contributed by atoms with Crippen molar-refractivity contribution in [3.8, 4) is 17.1 Å². The smallest absolute Gasteiger partial charge is 0.220 e. The third-order valence-corrected chi connectivity index (χ3v) is 5.97. The van der Waals surface area contributed by atoms with E-state index in [-0.39, 0.29) is 5.91 Å². The summed E-state index contributed by atoms with van der Waals surface area (Å²) in [6, 6.07) is 17.2. The summed E-state index contributed by atoms with van der Waals surface area (Å²) in [5.41, 5.74) is 4.52. The molecule has 29 heavy (non-hydrogen) atoms. The van der Waals surface area contributed by atoms with Crippen molar-refractivity contribution < 1.29 is 4.79 Å². The van der Waals surface area contributed by atoms with E-state index in [9.17, 15) is 4.79 Å². The van der Waals surface area contributed by atoms with Crippen LogP contribution in [0.15, 0.2) is 53.7 Å². The number of aromatic nitrogens is 3. The summed E-state index contributed by atoms with van der Waals surface area (Å²) in [6.07, 6.45) is 3.64. The van der Waals surface area contributed by atoms with Gasteiger partial charge in [-0.25, -0.2) is 0 Å². The number of thioether (sulfide) groups is 1.